The van der Waals surface area contributed by atoms with E-state index in [1.165, 1.54) is 13.1 Å². The van der Waals surface area contributed by atoms with Crippen LogP contribution in [0.2, 0.25) is 0 Å². The molecular weight excluding hydrogens is 287 g/mol. The van der Waals surface area contributed by atoms with Crippen molar-refractivity contribution in [1.82, 2.24) is 5.32 Å². The number of nitrogens with two attached hydrogens (primary N) is 1. The molecule has 1 aromatic carbocycles. The quantitative estimate of drug-likeness (QED) is 0.700. The number of carbonyl (C=O) groups excluding carboxylic acids is 2. The highest BCUT2D eigenvalue weighted by Gasteiger charge is 2.31. The van der Waals surface area contributed by atoms with E-state index in [1.807, 2.05) is 0 Å². The van der Waals surface area contributed by atoms with Crippen molar-refractivity contribution >= 4 is 17.5 Å². The van der Waals surface area contributed by atoms with Gasteiger partial charge < -0.3 is 16.4 Å². The van der Waals surface area contributed by atoms with E-state index < -0.39 is 23.6 Å². The molecule has 116 valence electrons. The average molecular weight is 303 g/mol. The molecule has 0 atom stereocenters. The van der Waals surface area contributed by atoms with Crippen LogP contribution in [0.3, 0.4) is 0 Å². The van der Waals surface area contributed by atoms with Crippen molar-refractivity contribution in [3.63, 3.8) is 0 Å². The molecule has 0 saturated carbocycles. The minimum Gasteiger partial charge on any atom is -0.387 e. The van der Waals surface area contributed by atoms with Crippen LogP contribution in [0.5, 0.6) is 0 Å². The highest BCUT2D eigenvalue weighted by Crippen LogP contribution is 2.31. The lowest BCUT2D eigenvalue weighted by Gasteiger charge is -2.13. The topological polar surface area (TPSA) is 84.2 Å². The molecule has 0 radical (unpaired) electrons. The minimum atomic E-state index is -4.52. The number of alkyl halides is 3. The van der Waals surface area contributed by atoms with Crippen molar-refractivity contribution in [3.8, 4) is 0 Å². The molecule has 0 heterocycles. The Morgan fingerprint density at radius 2 is 1.95 bits per heavy atom. The molecule has 1 aromatic rings. The van der Waals surface area contributed by atoms with Crippen molar-refractivity contribution in [2.45, 2.75) is 19.0 Å². The lowest BCUT2D eigenvalue weighted by Crippen LogP contribution is -2.26. The van der Waals surface area contributed by atoms with Crippen molar-refractivity contribution in [2.75, 3.05) is 18.9 Å². The Morgan fingerprint density at radius 3 is 2.48 bits per heavy atom. The summed E-state index contributed by atoms with van der Waals surface area (Å²) in [6.07, 6.45) is -4.09. The third kappa shape index (κ3) is 4.97. The van der Waals surface area contributed by atoms with Gasteiger partial charge in [-0.2, -0.15) is 13.2 Å². The van der Waals surface area contributed by atoms with Crippen LogP contribution in [0.15, 0.2) is 18.2 Å². The number of primary amides is 1. The lowest BCUT2D eigenvalue weighted by molar-refractivity contribution is -0.137. The third-order valence-corrected chi connectivity index (χ3v) is 2.75. The van der Waals surface area contributed by atoms with E-state index in [9.17, 15) is 22.8 Å². The van der Waals surface area contributed by atoms with E-state index in [1.54, 1.807) is 0 Å². The molecule has 0 aliphatic rings. The van der Waals surface area contributed by atoms with Crippen LogP contribution in [-0.4, -0.2) is 25.4 Å². The van der Waals surface area contributed by atoms with Gasteiger partial charge in [0.2, 0.25) is 5.91 Å². The molecule has 21 heavy (non-hydrogen) atoms. The number of hydrogen-bond acceptors (Lipinski definition) is 3. The molecule has 0 aliphatic heterocycles. The van der Waals surface area contributed by atoms with Crippen molar-refractivity contribution < 1.29 is 22.8 Å². The fraction of sp³-hybridized carbons (Fsp3) is 0.385. The summed E-state index contributed by atoms with van der Waals surface area (Å²) in [5.41, 5.74) is 4.23. The number of amides is 2. The number of anilines is 1. The number of rotatable bonds is 6. The molecule has 8 heteroatoms. The smallest absolute Gasteiger partial charge is 0.387 e. The van der Waals surface area contributed by atoms with Crippen LogP contribution in [0.25, 0.3) is 0 Å². The fourth-order valence-electron chi connectivity index (χ4n) is 1.69. The van der Waals surface area contributed by atoms with Gasteiger partial charge in [-0.15, -0.1) is 0 Å². The Hall–Kier alpha value is -2.25. The summed E-state index contributed by atoms with van der Waals surface area (Å²) in [4.78, 5) is 22.5. The van der Waals surface area contributed by atoms with Gasteiger partial charge in [-0.25, -0.2) is 0 Å². The molecule has 0 bridgehead atoms. The first-order valence-corrected chi connectivity index (χ1v) is 6.21. The van der Waals surface area contributed by atoms with Crippen LogP contribution in [0, 0.1) is 0 Å². The zero-order valence-electron chi connectivity index (χ0n) is 11.4. The number of carbonyl (C=O) groups is 2. The maximum atomic E-state index is 12.7. The Labute approximate surface area is 119 Å². The van der Waals surface area contributed by atoms with E-state index in [0.717, 1.165) is 12.1 Å². The third-order valence-electron chi connectivity index (χ3n) is 2.75. The zero-order valence-corrected chi connectivity index (χ0v) is 11.4. The predicted octanol–water partition coefficient (Wildman–Crippen LogP) is 1.74. The second kappa shape index (κ2) is 6.96. The van der Waals surface area contributed by atoms with E-state index in [0.29, 0.717) is 6.42 Å². The van der Waals surface area contributed by atoms with Gasteiger partial charge in [-0.1, -0.05) is 0 Å². The highest BCUT2D eigenvalue weighted by molar-refractivity contribution is 5.99. The molecule has 2 amide bonds. The van der Waals surface area contributed by atoms with Gasteiger partial charge in [0.15, 0.2) is 0 Å². The van der Waals surface area contributed by atoms with E-state index >= 15 is 0 Å². The predicted molar refractivity (Wildman–Crippen MR) is 71.8 cm³/mol. The molecular formula is C13H16F3N3O2. The average Bonchev–Trinajstić information content (AvgIpc) is 2.41. The Kier molecular flexibility index (Phi) is 5.57. The van der Waals surface area contributed by atoms with Gasteiger partial charge in [0.25, 0.3) is 5.91 Å². The summed E-state index contributed by atoms with van der Waals surface area (Å²) in [5, 5.41) is 5.12. The SMILES string of the molecule is CNc1ccc(C(F)(F)F)cc1C(=O)NCCCC(N)=O. The van der Waals surface area contributed by atoms with Gasteiger partial charge in [-0.3, -0.25) is 9.59 Å². The van der Waals surface area contributed by atoms with Crippen LogP contribution in [-0.2, 0) is 11.0 Å². The summed E-state index contributed by atoms with van der Waals surface area (Å²) in [7, 11) is 1.51. The molecule has 0 unspecified atom stereocenters. The summed E-state index contributed by atoms with van der Waals surface area (Å²) >= 11 is 0. The Morgan fingerprint density at radius 1 is 1.29 bits per heavy atom. The molecule has 0 fully saturated rings. The number of benzene rings is 1. The number of halogens is 3. The molecule has 4 N–H and O–H groups in total. The van der Waals surface area contributed by atoms with Crippen LogP contribution < -0.4 is 16.4 Å². The van der Waals surface area contributed by atoms with Gasteiger partial charge in [0.1, 0.15) is 0 Å². The largest absolute Gasteiger partial charge is 0.416 e. The molecule has 0 aliphatic carbocycles. The van der Waals surface area contributed by atoms with E-state index in [2.05, 4.69) is 10.6 Å². The first-order valence-electron chi connectivity index (χ1n) is 6.21. The Balaban J connectivity index is 2.83. The van der Waals surface area contributed by atoms with Crippen molar-refractivity contribution in [1.29, 1.82) is 0 Å². The van der Waals surface area contributed by atoms with Gasteiger partial charge >= 0.3 is 6.18 Å². The van der Waals surface area contributed by atoms with Gasteiger partial charge in [-0.05, 0) is 24.6 Å². The second-order valence-electron chi connectivity index (χ2n) is 4.33. The summed E-state index contributed by atoms with van der Waals surface area (Å²) in [6, 6.07) is 2.88. The molecule has 5 nitrogen and oxygen atoms in total. The van der Waals surface area contributed by atoms with Crippen LogP contribution in [0.4, 0.5) is 18.9 Å². The van der Waals surface area contributed by atoms with E-state index in [4.69, 9.17) is 5.73 Å². The molecule has 0 saturated heterocycles. The maximum Gasteiger partial charge on any atom is 0.416 e. The maximum absolute atomic E-state index is 12.7. The first kappa shape index (κ1) is 16.8. The van der Waals surface area contributed by atoms with Gasteiger partial charge in [0.05, 0.1) is 11.1 Å². The minimum absolute atomic E-state index is 0.0990. The normalized spacial score (nSPS) is 11.0. The molecule has 0 aromatic heterocycles. The standard InChI is InChI=1S/C13H16F3N3O2/c1-18-10-5-4-8(13(14,15)16)7-9(10)12(21)19-6-2-3-11(17)20/h4-5,7,18H,2-3,6H2,1H3,(H2,17,20)(H,19,21). The molecule has 0 spiro atoms. The van der Waals surface area contributed by atoms with Crippen LogP contribution >= 0.6 is 0 Å². The number of hydrogen-bond donors (Lipinski definition) is 3. The first-order chi connectivity index (χ1) is 9.75. The second-order valence-corrected chi connectivity index (χ2v) is 4.33. The lowest BCUT2D eigenvalue weighted by atomic mass is 10.1. The summed E-state index contributed by atoms with van der Waals surface area (Å²) in [5.74, 6) is -1.14. The van der Waals surface area contributed by atoms with Crippen molar-refractivity contribution in [2.24, 2.45) is 5.73 Å². The Bertz CT molecular complexity index is 530. The monoisotopic (exact) mass is 303 g/mol. The summed E-state index contributed by atoms with van der Waals surface area (Å²) in [6.45, 7) is 0.154. The number of nitrogens with one attached hydrogen (secondary N) is 2. The zero-order chi connectivity index (χ0) is 16.0. The highest BCUT2D eigenvalue weighted by atomic mass is 19.4. The summed E-state index contributed by atoms with van der Waals surface area (Å²) < 4.78 is 38.0. The van der Waals surface area contributed by atoms with Gasteiger partial charge in [0, 0.05) is 25.7 Å². The van der Waals surface area contributed by atoms with Crippen molar-refractivity contribution in [3.05, 3.63) is 29.3 Å². The fourth-order valence-corrected chi connectivity index (χ4v) is 1.69. The van der Waals surface area contributed by atoms with E-state index in [-0.39, 0.29) is 24.2 Å². The van der Waals surface area contributed by atoms with Crippen LogP contribution in [0.1, 0.15) is 28.8 Å². The molecule has 1 rings (SSSR count).